The molecule has 0 saturated heterocycles. The van der Waals surface area contributed by atoms with Crippen molar-refractivity contribution in [1.82, 2.24) is 0 Å². The van der Waals surface area contributed by atoms with Crippen LogP contribution < -0.4 is 5.73 Å². The van der Waals surface area contributed by atoms with E-state index < -0.39 is 0 Å². The minimum Gasteiger partial charge on any atom is -0.324 e. The Morgan fingerprint density at radius 1 is 1.39 bits per heavy atom. The summed E-state index contributed by atoms with van der Waals surface area (Å²) < 4.78 is 0. The van der Waals surface area contributed by atoms with Crippen molar-refractivity contribution >= 4 is 5.78 Å². The summed E-state index contributed by atoms with van der Waals surface area (Å²) in [4.78, 5) is 11.9. The summed E-state index contributed by atoms with van der Waals surface area (Å²) in [5.74, 6) is 0.578. The predicted octanol–water partition coefficient (Wildman–Crippen LogP) is 3.51. The van der Waals surface area contributed by atoms with Crippen molar-refractivity contribution in [2.24, 2.45) is 11.1 Å². The molecule has 0 heterocycles. The number of Topliss-reactive ketones (excluding diaryl/α,β-unsaturated/α-hetero) is 1. The molecule has 0 amide bonds. The maximum absolute atomic E-state index is 11.9. The van der Waals surface area contributed by atoms with Crippen molar-refractivity contribution in [3.63, 3.8) is 0 Å². The number of benzene rings is 1. The van der Waals surface area contributed by atoms with Crippen molar-refractivity contribution in [2.45, 2.75) is 45.4 Å². The van der Waals surface area contributed by atoms with Crippen LogP contribution in [-0.2, 0) is 0 Å². The van der Waals surface area contributed by atoms with Crippen LogP contribution in [0.4, 0.5) is 0 Å². The highest BCUT2D eigenvalue weighted by Gasteiger charge is 2.30. The van der Waals surface area contributed by atoms with Gasteiger partial charge in [-0.3, -0.25) is 4.79 Å². The normalized spacial score (nSPS) is 22.7. The maximum atomic E-state index is 11.9. The second kappa shape index (κ2) is 5.23. The zero-order valence-electron chi connectivity index (χ0n) is 11.4. The quantitative estimate of drug-likeness (QED) is 0.828. The number of ketones is 1. The lowest BCUT2D eigenvalue weighted by atomic mass is 9.69. The summed E-state index contributed by atoms with van der Waals surface area (Å²) in [6.07, 6.45) is 4.90. The average Bonchev–Trinajstić information content (AvgIpc) is 2.36. The topological polar surface area (TPSA) is 43.1 Å². The van der Waals surface area contributed by atoms with Crippen LogP contribution in [0.25, 0.3) is 0 Å². The number of hydrogen-bond donors (Lipinski definition) is 1. The van der Waals surface area contributed by atoms with Crippen LogP contribution in [0.2, 0.25) is 0 Å². The summed E-state index contributed by atoms with van der Waals surface area (Å²) in [6, 6.07) is 7.99. The fourth-order valence-corrected chi connectivity index (χ4v) is 3.18. The molecule has 2 N–H and O–H groups in total. The number of carbonyl (C=O) groups is 1. The van der Waals surface area contributed by atoms with Crippen molar-refractivity contribution in [3.8, 4) is 0 Å². The fourth-order valence-electron chi connectivity index (χ4n) is 3.18. The Labute approximate surface area is 110 Å². The van der Waals surface area contributed by atoms with E-state index in [2.05, 4.69) is 19.9 Å². The Balaban J connectivity index is 2.30. The minimum atomic E-state index is 0.0639. The van der Waals surface area contributed by atoms with Gasteiger partial charge in [-0.15, -0.1) is 0 Å². The Hall–Kier alpha value is -1.15. The second-order valence-corrected chi connectivity index (χ2v) is 6.17. The molecule has 1 aliphatic carbocycles. The van der Waals surface area contributed by atoms with E-state index in [1.165, 1.54) is 31.2 Å². The highest BCUT2D eigenvalue weighted by atomic mass is 16.1. The molecule has 0 aromatic heterocycles. The molecule has 0 aliphatic heterocycles. The predicted molar refractivity (Wildman–Crippen MR) is 74.8 cm³/mol. The molecule has 1 fully saturated rings. The minimum absolute atomic E-state index is 0.0639. The smallest absolute Gasteiger partial charge is 0.176 e. The van der Waals surface area contributed by atoms with E-state index in [-0.39, 0.29) is 12.3 Å². The third-order valence-electron chi connectivity index (χ3n) is 4.09. The number of nitrogens with two attached hydrogens (primary N) is 1. The van der Waals surface area contributed by atoms with Crippen LogP contribution in [0.15, 0.2) is 24.3 Å². The van der Waals surface area contributed by atoms with Gasteiger partial charge in [0.2, 0.25) is 0 Å². The summed E-state index contributed by atoms with van der Waals surface area (Å²) >= 11 is 0. The van der Waals surface area contributed by atoms with Gasteiger partial charge in [-0.25, -0.2) is 0 Å². The largest absolute Gasteiger partial charge is 0.324 e. The Morgan fingerprint density at radius 3 is 2.78 bits per heavy atom. The lowest BCUT2D eigenvalue weighted by Gasteiger charge is -2.36. The van der Waals surface area contributed by atoms with Crippen LogP contribution in [0.5, 0.6) is 0 Å². The Morgan fingerprint density at radius 2 is 2.11 bits per heavy atom. The first-order chi connectivity index (χ1) is 8.53. The van der Waals surface area contributed by atoms with E-state index >= 15 is 0 Å². The molecule has 1 aromatic rings. The van der Waals surface area contributed by atoms with Gasteiger partial charge in [0, 0.05) is 5.56 Å². The van der Waals surface area contributed by atoms with Gasteiger partial charge in [0.25, 0.3) is 0 Å². The second-order valence-electron chi connectivity index (χ2n) is 6.17. The first kappa shape index (κ1) is 13.3. The average molecular weight is 245 g/mol. The Kier molecular flexibility index (Phi) is 3.86. The van der Waals surface area contributed by atoms with Gasteiger partial charge in [0.1, 0.15) is 0 Å². The molecule has 1 unspecified atom stereocenters. The van der Waals surface area contributed by atoms with Crippen molar-refractivity contribution in [3.05, 3.63) is 35.4 Å². The highest BCUT2D eigenvalue weighted by Crippen LogP contribution is 2.44. The molecule has 2 heteroatoms. The Bertz CT molecular complexity index is 436. The molecule has 1 atom stereocenters. The SMILES string of the molecule is CC1(C)CCCC(c2ccccc2C(=O)CN)C1. The van der Waals surface area contributed by atoms with E-state index in [4.69, 9.17) is 5.73 Å². The first-order valence-corrected chi connectivity index (χ1v) is 6.86. The van der Waals surface area contributed by atoms with E-state index in [0.717, 1.165) is 5.56 Å². The maximum Gasteiger partial charge on any atom is 0.176 e. The van der Waals surface area contributed by atoms with Gasteiger partial charge in [-0.1, -0.05) is 44.5 Å². The molecule has 0 spiro atoms. The van der Waals surface area contributed by atoms with E-state index in [1.54, 1.807) is 0 Å². The van der Waals surface area contributed by atoms with Crippen molar-refractivity contribution in [1.29, 1.82) is 0 Å². The van der Waals surface area contributed by atoms with Gasteiger partial charge in [0.15, 0.2) is 5.78 Å². The molecule has 1 aliphatic rings. The molecule has 1 saturated carbocycles. The van der Waals surface area contributed by atoms with Crippen LogP contribution in [0, 0.1) is 5.41 Å². The third kappa shape index (κ3) is 2.81. The van der Waals surface area contributed by atoms with Crippen LogP contribution >= 0.6 is 0 Å². The van der Waals surface area contributed by atoms with Gasteiger partial charge in [-0.05, 0) is 36.2 Å². The van der Waals surface area contributed by atoms with Crippen LogP contribution in [0.1, 0.15) is 61.4 Å². The molecular weight excluding hydrogens is 222 g/mol. The summed E-state index contributed by atoms with van der Waals surface area (Å²) in [6.45, 7) is 4.76. The van der Waals surface area contributed by atoms with Gasteiger partial charge < -0.3 is 5.73 Å². The van der Waals surface area contributed by atoms with Crippen molar-refractivity contribution in [2.75, 3.05) is 6.54 Å². The monoisotopic (exact) mass is 245 g/mol. The van der Waals surface area contributed by atoms with E-state index in [0.29, 0.717) is 11.3 Å². The molecule has 2 nitrogen and oxygen atoms in total. The van der Waals surface area contributed by atoms with E-state index in [9.17, 15) is 4.79 Å². The number of rotatable bonds is 3. The zero-order chi connectivity index (χ0) is 13.2. The molecule has 0 radical (unpaired) electrons. The molecule has 0 bridgehead atoms. The summed E-state index contributed by atoms with van der Waals surface area (Å²) in [5, 5.41) is 0. The molecule has 18 heavy (non-hydrogen) atoms. The van der Waals surface area contributed by atoms with Gasteiger partial charge >= 0.3 is 0 Å². The lowest BCUT2D eigenvalue weighted by molar-refractivity contribution is 0.0998. The zero-order valence-corrected chi connectivity index (χ0v) is 11.4. The lowest BCUT2D eigenvalue weighted by Crippen LogP contribution is -2.23. The molecule has 2 rings (SSSR count). The number of carbonyl (C=O) groups excluding carboxylic acids is 1. The molecule has 1 aromatic carbocycles. The van der Waals surface area contributed by atoms with Crippen LogP contribution in [-0.4, -0.2) is 12.3 Å². The molecule has 98 valence electrons. The van der Waals surface area contributed by atoms with E-state index in [1.807, 2.05) is 18.2 Å². The standard InChI is InChI=1S/C16H23NO/c1-16(2)9-5-6-12(10-16)13-7-3-4-8-14(13)15(18)11-17/h3-4,7-8,12H,5-6,9-11,17H2,1-2H3. The van der Waals surface area contributed by atoms with Gasteiger partial charge in [-0.2, -0.15) is 0 Å². The van der Waals surface area contributed by atoms with Gasteiger partial charge in [0.05, 0.1) is 6.54 Å². The van der Waals surface area contributed by atoms with Crippen molar-refractivity contribution < 1.29 is 4.79 Å². The van der Waals surface area contributed by atoms with Crippen LogP contribution in [0.3, 0.4) is 0 Å². The fraction of sp³-hybridized carbons (Fsp3) is 0.562. The molecular formula is C16H23NO. The number of hydrogen-bond acceptors (Lipinski definition) is 2. The third-order valence-corrected chi connectivity index (χ3v) is 4.09. The summed E-state index contributed by atoms with van der Waals surface area (Å²) in [7, 11) is 0. The first-order valence-electron chi connectivity index (χ1n) is 6.86. The summed E-state index contributed by atoms with van der Waals surface area (Å²) in [5.41, 5.74) is 7.94. The highest BCUT2D eigenvalue weighted by molar-refractivity contribution is 5.99.